The normalized spacial score (nSPS) is 12.0. The molecule has 0 saturated heterocycles. The molecule has 0 fully saturated rings. The lowest BCUT2D eigenvalue weighted by Gasteiger charge is -2.22. The predicted molar refractivity (Wildman–Crippen MR) is 64.6 cm³/mol. The highest BCUT2D eigenvalue weighted by atomic mass is 16.5. The van der Waals surface area contributed by atoms with Gasteiger partial charge in [-0.2, -0.15) is 0 Å². The number of carbonyl (C=O) groups excluding carboxylic acids is 3. The van der Waals surface area contributed by atoms with Gasteiger partial charge in [0.15, 0.2) is 6.10 Å². The molecule has 0 aliphatic carbocycles. The molecule has 1 atom stereocenters. The molecule has 18 heavy (non-hydrogen) atoms. The van der Waals surface area contributed by atoms with Gasteiger partial charge in [-0.1, -0.05) is 0 Å². The minimum Gasteiger partial charge on any atom is -0.466 e. The van der Waals surface area contributed by atoms with Crippen LogP contribution in [0, 0.1) is 0 Å². The SMILES string of the molecule is CCN(CC)C(=O)[C@H](C)OC(=O)C=CC(=O)OC. The van der Waals surface area contributed by atoms with Crippen molar-refractivity contribution in [3.8, 4) is 0 Å². The summed E-state index contributed by atoms with van der Waals surface area (Å²) in [6.07, 6.45) is 0.995. The molecule has 0 aromatic heterocycles. The molecule has 1 amide bonds. The van der Waals surface area contributed by atoms with Crippen LogP contribution in [0.2, 0.25) is 0 Å². The summed E-state index contributed by atoms with van der Waals surface area (Å²) in [5.74, 6) is -1.68. The van der Waals surface area contributed by atoms with Crippen LogP contribution in [0.1, 0.15) is 20.8 Å². The monoisotopic (exact) mass is 257 g/mol. The Hall–Kier alpha value is -1.85. The maximum absolute atomic E-state index is 11.8. The van der Waals surface area contributed by atoms with Gasteiger partial charge in [0.2, 0.25) is 0 Å². The van der Waals surface area contributed by atoms with Gasteiger partial charge >= 0.3 is 11.9 Å². The van der Waals surface area contributed by atoms with Crippen LogP contribution in [0.5, 0.6) is 0 Å². The molecule has 102 valence electrons. The average Bonchev–Trinajstić information content (AvgIpc) is 2.36. The highest BCUT2D eigenvalue weighted by Gasteiger charge is 2.20. The van der Waals surface area contributed by atoms with Crippen LogP contribution in [0.4, 0.5) is 0 Å². The van der Waals surface area contributed by atoms with Crippen molar-refractivity contribution in [2.45, 2.75) is 26.9 Å². The predicted octanol–water partition coefficient (Wildman–Crippen LogP) is 0.516. The van der Waals surface area contributed by atoms with Gasteiger partial charge in [0.1, 0.15) is 0 Å². The van der Waals surface area contributed by atoms with Crippen molar-refractivity contribution in [1.82, 2.24) is 4.90 Å². The van der Waals surface area contributed by atoms with Gasteiger partial charge in [-0.15, -0.1) is 0 Å². The Balaban J connectivity index is 4.35. The molecule has 0 aromatic carbocycles. The van der Waals surface area contributed by atoms with Crippen LogP contribution in [0.15, 0.2) is 12.2 Å². The summed E-state index contributed by atoms with van der Waals surface area (Å²) in [6.45, 7) is 6.27. The third-order valence-corrected chi connectivity index (χ3v) is 2.27. The molecule has 0 bridgehead atoms. The van der Waals surface area contributed by atoms with Gasteiger partial charge in [-0.3, -0.25) is 4.79 Å². The molecule has 0 aliphatic heterocycles. The highest BCUT2D eigenvalue weighted by Crippen LogP contribution is 2.00. The molecule has 0 spiro atoms. The highest BCUT2D eigenvalue weighted by molar-refractivity contribution is 5.93. The molecule has 6 nitrogen and oxygen atoms in total. The molecule has 0 heterocycles. The van der Waals surface area contributed by atoms with Crippen molar-refractivity contribution in [2.24, 2.45) is 0 Å². The van der Waals surface area contributed by atoms with Crippen LogP contribution in [-0.2, 0) is 23.9 Å². The van der Waals surface area contributed by atoms with E-state index in [1.807, 2.05) is 13.8 Å². The second kappa shape index (κ2) is 8.27. The largest absolute Gasteiger partial charge is 0.466 e. The van der Waals surface area contributed by atoms with Gasteiger partial charge < -0.3 is 14.4 Å². The second-order valence-corrected chi connectivity index (χ2v) is 3.45. The molecule has 0 unspecified atom stereocenters. The molecule has 0 radical (unpaired) electrons. The molecule has 0 rings (SSSR count). The molecule has 0 aliphatic rings. The van der Waals surface area contributed by atoms with E-state index < -0.39 is 18.0 Å². The average molecular weight is 257 g/mol. The van der Waals surface area contributed by atoms with Crippen molar-refractivity contribution in [3.63, 3.8) is 0 Å². The standard InChI is InChI=1S/C12H19NO5/c1-5-13(6-2)12(16)9(3)18-11(15)8-7-10(14)17-4/h7-9H,5-6H2,1-4H3/t9-/m0/s1. The zero-order valence-electron chi connectivity index (χ0n) is 11.1. The minimum absolute atomic E-state index is 0.264. The lowest BCUT2D eigenvalue weighted by Crippen LogP contribution is -2.39. The molecular formula is C12H19NO5. The van der Waals surface area contributed by atoms with Crippen LogP contribution in [0.25, 0.3) is 0 Å². The van der Waals surface area contributed by atoms with Gasteiger partial charge in [0, 0.05) is 25.2 Å². The van der Waals surface area contributed by atoms with Crippen LogP contribution < -0.4 is 0 Å². The lowest BCUT2D eigenvalue weighted by molar-refractivity contribution is -0.155. The summed E-state index contributed by atoms with van der Waals surface area (Å²) in [5.41, 5.74) is 0. The molecule has 0 N–H and O–H groups in total. The molecule has 6 heteroatoms. The number of likely N-dealkylation sites (N-methyl/N-ethyl adjacent to an activating group) is 1. The summed E-state index contributed by atoms with van der Waals surface area (Å²) >= 11 is 0. The van der Waals surface area contributed by atoms with Crippen LogP contribution in [0.3, 0.4) is 0 Å². The van der Waals surface area contributed by atoms with Crippen molar-refractivity contribution in [1.29, 1.82) is 0 Å². The number of carbonyl (C=O) groups is 3. The maximum Gasteiger partial charge on any atom is 0.331 e. The fourth-order valence-electron chi connectivity index (χ4n) is 1.26. The van der Waals surface area contributed by atoms with E-state index in [0.29, 0.717) is 13.1 Å². The first-order valence-electron chi connectivity index (χ1n) is 5.71. The fourth-order valence-corrected chi connectivity index (χ4v) is 1.26. The maximum atomic E-state index is 11.8. The van der Waals surface area contributed by atoms with Gasteiger partial charge in [-0.05, 0) is 20.8 Å². The van der Waals surface area contributed by atoms with Crippen LogP contribution >= 0.6 is 0 Å². The van der Waals surface area contributed by atoms with Gasteiger partial charge in [-0.25, -0.2) is 9.59 Å². The number of nitrogens with zero attached hydrogens (tertiary/aromatic N) is 1. The minimum atomic E-state index is -0.875. The van der Waals surface area contributed by atoms with E-state index in [1.54, 1.807) is 4.90 Å². The number of ether oxygens (including phenoxy) is 2. The van der Waals surface area contributed by atoms with E-state index in [-0.39, 0.29) is 5.91 Å². The van der Waals surface area contributed by atoms with Crippen LogP contribution in [-0.4, -0.2) is 49.0 Å². The number of amides is 1. The number of methoxy groups -OCH3 is 1. The molecular weight excluding hydrogens is 238 g/mol. The van der Waals surface area contributed by atoms with E-state index in [2.05, 4.69) is 4.74 Å². The van der Waals surface area contributed by atoms with E-state index in [9.17, 15) is 14.4 Å². The van der Waals surface area contributed by atoms with Gasteiger partial charge in [0.05, 0.1) is 7.11 Å². The van der Waals surface area contributed by atoms with Crippen molar-refractivity contribution in [3.05, 3.63) is 12.2 Å². The van der Waals surface area contributed by atoms with Crippen molar-refractivity contribution < 1.29 is 23.9 Å². The van der Waals surface area contributed by atoms with E-state index in [0.717, 1.165) is 12.2 Å². The van der Waals surface area contributed by atoms with Crippen molar-refractivity contribution >= 4 is 17.8 Å². The summed E-state index contributed by atoms with van der Waals surface area (Å²) < 4.78 is 9.18. The smallest absolute Gasteiger partial charge is 0.331 e. The Bertz CT molecular complexity index is 333. The third kappa shape index (κ3) is 5.47. The van der Waals surface area contributed by atoms with Crippen molar-refractivity contribution in [2.75, 3.05) is 20.2 Å². The Kier molecular flexibility index (Phi) is 7.42. The number of rotatable bonds is 6. The summed E-state index contributed by atoms with van der Waals surface area (Å²) in [6, 6.07) is 0. The molecule has 0 saturated carbocycles. The number of hydrogen-bond acceptors (Lipinski definition) is 5. The van der Waals surface area contributed by atoms with E-state index in [1.165, 1.54) is 14.0 Å². The number of hydrogen-bond donors (Lipinski definition) is 0. The first-order chi connectivity index (χ1) is 8.46. The topological polar surface area (TPSA) is 72.9 Å². The number of esters is 2. The van der Waals surface area contributed by atoms with E-state index in [4.69, 9.17) is 4.74 Å². The second-order valence-electron chi connectivity index (χ2n) is 3.45. The summed E-state index contributed by atoms with van der Waals surface area (Å²) in [4.78, 5) is 35.4. The summed E-state index contributed by atoms with van der Waals surface area (Å²) in [5, 5.41) is 0. The Morgan fingerprint density at radius 3 is 2.06 bits per heavy atom. The summed E-state index contributed by atoms with van der Waals surface area (Å²) in [7, 11) is 1.20. The Morgan fingerprint density at radius 1 is 1.11 bits per heavy atom. The zero-order valence-corrected chi connectivity index (χ0v) is 11.1. The van der Waals surface area contributed by atoms with Gasteiger partial charge in [0.25, 0.3) is 5.91 Å². The first-order valence-corrected chi connectivity index (χ1v) is 5.71. The van der Waals surface area contributed by atoms with E-state index >= 15 is 0 Å². The fraction of sp³-hybridized carbons (Fsp3) is 0.583. The Morgan fingerprint density at radius 2 is 1.61 bits per heavy atom. The third-order valence-electron chi connectivity index (χ3n) is 2.27. The Labute approximate surface area is 107 Å². The zero-order chi connectivity index (χ0) is 14.1. The first kappa shape index (κ1) is 16.1. The lowest BCUT2D eigenvalue weighted by atomic mass is 10.3. The quantitative estimate of drug-likeness (QED) is 0.512. The molecule has 0 aromatic rings.